The highest BCUT2D eigenvalue weighted by Gasteiger charge is 2.40. The van der Waals surface area contributed by atoms with Gasteiger partial charge < -0.3 is 5.73 Å². The van der Waals surface area contributed by atoms with Crippen molar-refractivity contribution in [1.29, 1.82) is 0 Å². The predicted octanol–water partition coefficient (Wildman–Crippen LogP) is 2.74. The van der Waals surface area contributed by atoms with Crippen LogP contribution in [0.2, 0.25) is 0 Å². The Bertz CT molecular complexity index is 356. The van der Waals surface area contributed by atoms with Gasteiger partial charge in [0.05, 0.1) is 11.0 Å². The Hall–Kier alpha value is -0.0900. The lowest BCUT2D eigenvalue weighted by molar-refractivity contribution is 0.171. The number of hydrogen-bond acceptors (Lipinski definition) is 3. The minimum absolute atomic E-state index is 0.162. The van der Waals surface area contributed by atoms with Crippen molar-refractivity contribution in [3.8, 4) is 0 Å². The molecule has 0 radical (unpaired) electrons. The Morgan fingerprint density at radius 2 is 1.83 bits per heavy atom. The zero-order chi connectivity index (χ0) is 14.0. The van der Waals surface area contributed by atoms with E-state index >= 15 is 0 Å². The summed E-state index contributed by atoms with van der Waals surface area (Å²) in [5, 5.41) is -0.318. The summed E-state index contributed by atoms with van der Waals surface area (Å²) in [5.41, 5.74) is 6.24. The monoisotopic (exact) mass is 275 g/mol. The first-order valence-corrected chi connectivity index (χ1v) is 8.87. The summed E-state index contributed by atoms with van der Waals surface area (Å²) in [6.45, 7) is 8.62. The first kappa shape index (κ1) is 16.0. The predicted molar refractivity (Wildman–Crippen MR) is 77.3 cm³/mol. The Labute approximate surface area is 112 Å². The highest BCUT2D eigenvalue weighted by Crippen LogP contribution is 2.39. The lowest BCUT2D eigenvalue weighted by Gasteiger charge is -2.40. The van der Waals surface area contributed by atoms with Crippen molar-refractivity contribution >= 4 is 9.84 Å². The molecule has 0 aromatic heterocycles. The van der Waals surface area contributed by atoms with Crippen LogP contribution in [0.5, 0.6) is 0 Å². The maximum absolute atomic E-state index is 12.3. The van der Waals surface area contributed by atoms with Crippen molar-refractivity contribution < 1.29 is 8.42 Å². The molecule has 108 valence electrons. The molecule has 0 aromatic rings. The Morgan fingerprint density at radius 1 is 1.22 bits per heavy atom. The van der Waals surface area contributed by atoms with Gasteiger partial charge in [-0.1, -0.05) is 34.1 Å². The molecular formula is C14H29NO2S. The lowest BCUT2D eigenvalue weighted by Crippen LogP contribution is -2.47. The third-order valence-corrected chi connectivity index (χ3v) is 6.63. The fourth-order valence-corrected chi connectivity index (χ4v) is 5.04. The van der Waals surface area contributed by atoms with Gasteiger partial charge in [0.2, 0.25) is 0 Å². The van der Waals surface area contributed by atoms with E-state index in [1.807, 2.05) is 6.92 Å². The van der Waals surface area contributed by atoms with Gasteiger partial charge in [-0.3, -0.25) is 0 Å². The quantitative estimate of drug-likeness (QED) is 0.858. The molecule has 1 saturated carbocycles. The number of nitrogens with two attached hydrogens (primary N) is 1. The van der Waals surface area contributed by atoms with Crippen LogP contribution in [0.1, 0.15) is 59.8 Å². The average molecular weight is 275 g/mol. The molecule has 0 aromatic carbocycles. The Balaban J connectivity index is 2.79. The second kappa shape index (κ2) is 5.91. The largest absolute Gasteiger partial charge is 0.327 e. The molecule has 3 unspecified atom stereocenters. The van der Waals surface area contributed by atoms with E-state index in [2.05, 4.69) is 20.8 Å². The van der Waals surface area contributed by atoms with E-state index < -0.39 is 9.84 Å². The molecule has 0 bridgehead atoms. The summed E-state index contributed by atoms with van der Waals surface area (Å²) in [5.74, 6) is 0.775. The maximum atomic E-state index is 12.3. The van der Waals surface area contributed by atoms with Crippen LogP contribution in [0.4, 0.5) is 0 Å². The van der Waals surface area contributed by atoms with Crippen molar-refractivity contribution in [2.75, 3.05) is 5.75 Å². The summed E-state index contributed by atoms with van der Waals surface area (Å²) < 4.78 is 24.7. The van der Waals surface area contributed by atoms with E-state index in [1.54, 1.807) is 0 Å². The molecule has 0 spiro atoms. The summed E-state index contributed by atoms with van der Waals surface area (Å²) >= 11 is 0. The van der Waals surface area contributed by atoms with Gasteiger partial charge >= 0.3 is 0 Å². The molecule has 0 saturated heterocycles. The van der Waals surface area contributed by atoms with E-state index in [0.29, 0.717) is 11.7 Å². The van der Waals surface area contributed by atoms with Gasteiger partial charge in [-0.25, -0.2) is 8.42 Å². The molecule has 2 N–H and O–H groups in total. The van der Waals surface area contributed by atoms with Crippen LogP contribution < -0.4 is 5.73 Å². The van der Waals surface area contributed by atoms with Crippen LogP contribution in [0.3, 0.4) is 0 Å². The fraction of sp³-hybridized carbons (Fsp3) is 1.00. The van der Waals surface area contributed by atoms with Crippen LogP contribution >= 0.6 is 0 Å². The normalized spacial score (nSPS) is 30.4. The van der Waals surface area contributed by atoms with Gasteiger partial charge in [0, 0.05) is 6.04 Å². The van der Waals surface area contributed by atoms with Gasteiger partial charge in [-0.2, -0.15) is 0 Å². The fourth-order valence-electron chi connectivity index (χ4n) is 2.85. The van der Waals surface area contributed by atoms with E-state index in [-0.39, 0.29) is 16.7 Å². The van der Waals surface area contributed by atoms with Crippen molar-refractivity contribution in [3.63, 3.8) is 0 Å². The van der Waals surface area contributed by atoms with E-state index in [4.69, 9.17) is 5.73 Å². The molecule has 0 amide bonds. The number of hydrogen-bond donors (Lipinski definition) is 1. The molecule has 3 atom stereocenters. The SMILES string of the molecule is CCCCS(=O)(=O)C1CC(C(C)(C)C)CCC1N. The summed E-state index contributed by atoms with van der Waals surface area (Å²) in [7, 11) is -3.01. The smallest absolute Gasteiger partial charge is 0.154 e. The molecule has 1 aliphatic rings. The number of sulfone groups is 1. The van der Waals surface area contributed by atoms with Gasteiger partial charge in [0.25, 0.3) is 0 Å². The first-order chi connectivity index (χ1) is 8.18. The minimum Gasteiger partial charge on any atom is -0.327 e. The summed E-state index contributed by atoms with van der Waals surface area (Å²) in [6, 6.07) is -0.162. The van der Waals surface area contributed by atoms with Crippen LogP contribution in [-0.2, 0) is 9.84 Å². The van der Waals surface area contributed by atoms with Gasteiger partial charge in [0.1, 0.15) is 0 Å². The number of unbranched alkanes of at least 4 members (excludes halogenated alkanes) is 1. The molecule has 0 aliphatic heterocycles. The minimum atomic E-state index is -3.01. The van der Waals surface area contributed by atoms with E-state index in [0.717, 1.165) is 32.1 Å². The Kier molecular flexibility index (Phi) is 5.24. The lowest BCUT2D eigenvalue weighted by atomic mass is 9.71. The Morgan fingerprint density at radius 3 is 2.33 bits per heavy atom. The molecule has 18 heavy (non-hydrogen) atoms. The molecule has 0 heterocycles. The van der Waals surface area contributed by atoms with Crippen molar-refractivity contribution in [2.24, 2.45) is 17.1 Å². The number of rotatable bonds is 4. The van der Waals surface area contributed by atoms with Gasteiger partial charge in [-0.05, 0) is 37.0 Å². The van der Waals surface area contributed by atoms with Gasteiger partial charge in [0.15, 0.2) is 9.84 Å². The molecule has 4 heteroatoms. The average Bonchev–Trinajstić information content (AvgIpc) is 2.25. The summed E-state index contributed by atoms with van der Waals surface area (Å²) in [4.78, 5) is 0. The van der Waals surface area contributed by atoms with Crippen LogP contribution in [0, 0.1) is 11.3 Å². The second-order valence-electron chi connectivity index (χ2n) is 6.80. The highest BCUT2D eigenvalue weighted by molar-refractivity contribution is 7.92. The van der Waals surface area contributed by atoms with E-state index in [9.17, 15) is 8.42 Å². The molecule has 1 fully saturated rings. The maximum Gasteiger partial charge on any atom is 0.154 e. The van der Waals surface area contributed by atoms with Crippen molar-refractivity contribution in [1.82, 2.24) is 0 Å². The van der Waals surface area contributed by atoms with Gasteiger partial charge in [-0.15, -0.1) is 0 Å². The standard InChI is InChI=1S/C14H29NO2S/c1-5-6-9-18(16,17)13-10-11(14(2,3)4)7-8-12(13)15/h11-13H,5-10,15H2,1-4H3. The zero-order valence-electron chi connectivity index (χ0n) is 12.3. The first-order valence-electron chi connectivity index (χ1n) is 7.15. The van der Waals surface area contributed by atoms with Crippen LogP contribution in [0.25, 0.3) is 0 Å². The van der Waals surface area contributed by atoms with E-state index in [1.165, 1.54) is 0 Å². The van der Waals surface area contributed by atoms with Crippen LogP contribution in [0.15, 0.2) is 0 Å². The topological polar surface area (TPSA) is 60.2 Å². The highest BCUT2D eigenvalue weighted by atomic mass is 32.2. The second-order valence-corrected chi connectivity index (χ2v) is 9.14. The molecule has 1 rings (SSSR count). The third kappa shape index (κ3) is 3.95. The molecule has 1 aliphatic carbocycles. The zero-order valence-corrected chi connectivity index (χ0v) is 13.1. The third-order valence-electron chi connectivity index (χ3n) is 4.31. The van der Waals surface area contributed by atoms with Crippen molar-refractivity contribution in [3.05, 3.63) is 0 Å². The summed E-state index contributed by atoms with van der Waals surface area (Å²) in [6.07, 6.45) is 4.33. The van der Waals surface area contributed by atoms with Crippen LogP contribution in [-0.4, -0.2) is 25.5 Å². The van der Waals surface area contributed by atoms with Crippen molar-refractivity contribution in [2.45, 2.75) is 71.1 Å². The molecule has 3 nitrogen and oxygen atoms in total. The molecular weight excluding hydrogens is 246 g/mol.